The van der Waals surface area contributed by atoms with E-state index in [9.17, 15) is 13.2 Å². The highest BCUT2D eigenvalue weighted by Gasteiger charge is 2.59. The zero-order chi connectivity index (χ0) is 23.4. The number of sulfone groups is 1. The van der Waals surface area contributed by atoms with Crippen molar-refractivity contribution in [2.75, 3.05) is 7.11 Å². The van der Waals surface area contributed by atoms with Crippen LogP contribution < -0.4 is 0 Å². The quantitative estimate of drug-likeness (QED) is 0.421. The van der Waals surface area contributed by atoms with E-state index in [1.54, 1.807) is 18.2 Å². The molecule has 0 aliphatic heterocycles. The largest absolute Gasteiger partial charge is 0.463 e. The van der Waals surface area contributed by atoms with E-state index in [4.69, 9.17) is 16.1 Å². The van der Waals surface area contributed by atoms with Crippen molar-refractivity contribution < 1.29 is 26.9 Å². The molecule has 5 rings (SSSR count). The first-order chi connectivity index (χ1) is 15.8. The average molecular weight is 490 g/mol. The molecule has 8 nitrogen and oxygen atoms in total. The average Bonchev–Trinajstić information content (AvgIpc) is 3.54. The number of halogens is 2. The number of ether oxygens (including phenoxy) is 1. The maximum atomic E-state index is 17.0. The van der Waals surface area contributed by atoms with Crippen molar-refractivity contribution in [1.82, 2.24) is 15.1 Å². The fraction of sp³-hybridized carbons (Fsp3) is 0.227. The fourth-order valence-electron chi connectivity index (χ4n) is 4.33. The first-order valence-corrected chi connectivity index (χ1v) is 11.8. The van der Waals surface area contributed by atoms with Crippen molar-refractivity contribution in [3.63, 3.8) is 0 Å². The number of aromatic nitrogens is 3. The molecule has 1 N–H and O–H groups in total. The van der Waals surface area contributed by atoms with Gasteiger partial charge in [-0.25, -0.2) is 17.6 Å². The van der Waals surface area contributed by atoms with Gasteiger partial charge in [0.05, 0.1) is 12.0 Å². The number of H-pyrrole nitrogens is 1. The first kappa shape index (κ1) is 21.6. The lowest BCUT2D eigenvalue weighted by atomic mass is 9.98. The minimum atomic E-state index is -4.67. The SMILES string of the molecule is COC(=O)c1noc(C(F)(C2Cc3[nH]c4ccc(Cl)cc4c3C2)S(=O)(=O)c2ccccc2)n1. The molecule has 2 heterocycles. The number of nitrogens with one attached hydrogen (secondary N) is 1. The summed E-state index contributed by atoms with van der Waals surface area (Å²) in [6, 6.07) is 12.5. The molecule has 1 aliphatic carbocycles. The third kappa shape index (κ3) is 3.24. The smallest absolute Gasteiger partial charge is 0.379 e. The molecule has 0 fully saturated rings. The van der Waals surface area contributed by atoms with Crippen LogP contribution in [-0.2, 0) is 32.4 Å². The summed E-state index contributed by atoms with van der Waals surface area (Å²) in [5.74, 6) is -3.45. The molecule has 0 saturated heterocycles. The number of hydrogen-bond donors (Lipinski definition) is 1. The molecule has 2 unspecified atom stereocenters. The predicted molar refractivity (Wildman–Crippen MR) is 116 cm³/mol. The van der Waals surface area contributed by atoms with Gasteiger partial charge in [-0.05, 0) is 53.9 Å². The van der Waals surface area contributed by atoms with Gasteiger partial charge in [0, 0.05) is 27.5 Å². The van der Waals surface area contributed by atoms with Gasteiger partial charge in [0.15, 0.2) is 0 Å². The molecule has 2 aromatic carbocycles. The van der Waals surface area contributed by atoms with Crippen LogP contribution in [0.1, 0.15) is 27.8 Å². The van der Waals surface area contributed by atoms with Gasteiger partial charge in [0.25, 0.3) is 16.7 Å². The van der Waals surface area contributed by atoms with E-state index >= 15 is 4.39 Å². The van der Waals surface area contributed by atoms with Crippen LogP contribution in [0.5, 0.6) is 0 Å². The Hall–Kier alpha value is -3.24. The number of methoxy groups -OCH3 is 1. The molecule has 1 aliphatic rings. The second-order valence-corrected chi connectivity index (χ2v) is 10.3. The molecule has 4 aromatic rings. The monoisotopic (exact) mass is 489 g/mol. The molecule has 0 bridgehead atoms. The van der Waals surface area contributed by atoms with Gasteiger partial charge in [-0.1, -0.05) is 29.8 Å². The molecule has 0 spiro atoms. The highest BCUT2D eigenvalue weighted by Crippen LogP contribution is 2.49. The van der Waals surface area contributed by atoms with E-state index in [1.807, 2.05) is 6.07 Å². The molecule has 0 radical (unpaired) electrons. The van der Waals surface area contributed by atoms with Gasteiger partial charge < -0.3 is 14.2 Å². The Balaban J connectivity index is 1.65. The summed E-state index contributed by atoms with van der Waals surface area (Å²) in [6.07, 6.45) is 0.147. The number of fused-ring (bicyclic) bond motifs is 3. The van der Waals surface area contributed by atoms with Crippen LogP contribution in [0.25, 0.3) is 10.9 Å². The van der Waals surface area contributed by atoms with Gasteiger partial charge in [0.2, 0.25) is 9.84 Å². The van der Waals surface area contributed by atoms with Crippen LogP contribution in [0.2, 0.25) is 5.02 Å². The lowest BCUT2D eigenvalue weighted by Crippen LogP contribution is -2.40. The molecule has 0 saturated carbocycles. The Morgan fingerprint density at radius 3 is 2.73 bits per heavy atom. The van der Waals surface area contributed by atoms with E-state index < -0.39 is 38.4 Å². The Morgan fingerprint density at radius 2 is 2.00 bits per heavy atom. The van der Waals surface area contributed by atoms with Crippen LogP contribution in [-0.4, -0.2) is 36.6 Å². The lowest BCUT2D eigenvalue weighted by molar-refractivity contribution is 0.0583. The van der Waals surface area contributed by atoms with Crippen molar-refractivity contribution in [3.8, 4) is 0 Å². The standard InChI is InChI=1S/C22H17ClFN3O5S/c1-31-20(28)19-26-21(32-27-19)22(24,33(29,30)14-5-3-2-4-6-14)12-9-15-16-11-13(23)7-8-17(16)25-18(15)10-12/h2-8,11-12,25H,9-10H2,1H3. The Kier molecular flexibility index (Phi) is 5.02. The van der Waals surface area contributed by atoms with Gasteiger partial charge >= 0.3 is 5.97 Å². The number of carbonyl (C=O) groups is 1. The molecule has 11 heteroatoms. The number of alkyl halides is 1. The van der Waals surface area contributed by atoms with Crippen LogP contribution in [0.3, 0.4) is 0 Å². The lowest BCUT2D eigenvalue weighted by Gasteiger charge is -2.27. The molecular weight excluding hydrogens is 473 g/mol. The zero-order valence-corrected chi connectivity index (χ0v) is 18.8. The summed E-state index contributed by atoms with van der Waals surface area (Å²) in [7, 11) is -3.57. The summed E-state index contributed by atoms with van der Waals surface area (Å²) < 4.78 is 53.8. The molecule has 170 valence electrons. The molecule has 0 amide bonds. The van der Waals surface area contributed by atoms with Gasteiger partial charge in [-0.2, -0.15) is 4.98 Å². The van der Waals surface area contributed by atoms with Gasteiger partial charge in [-0.15, -0.1) is 0 Å². The number of benzene rings is 2. The van der Waals surface area contributed by atoms with Crippen LogP contribution in [0.15, 0.2) is 57.9 Å². The molecular formula is C22H17ClFN3O5S. The van der Waals surface area contributed by atoms with Crippen molar-refractivity contribution in [3.05, 3.63) is 76.5 Å². The topological polar surface area (TPSA) is 115 Å². The highest BCUT2D eigenvalue weighted by molar-refractivity contribution is 7.92. The van der Waals surface area contributed by atoms with Crippen molar-refractivity contribution >= 4 is 38.3 Å². The summed E-state index contributed by atoms with van der Waals surface area (Å²) in [5.41, 5.74) is 2.30. The normalized spacial score (nSPS) is 17.6. The van der Waals surface area contributed by atoms with E-state index in [-0.39, 0.29) is 17.7 Å². The van der Waals surface area contributed by atoms with Crippen molar-refractivity contribution in [2.24, 2.45) is 5.92 Å². The third-order valence-electron chi connectivity index (χ3n) is 5.91. The Labute approximate surface area is 192 Å². The Morgan fingerprint density at radius 1 is 1.24 bits per heavy atom. The van der Waals surface area contributed by atoms with Crippen LogP contribution >= 0.6 is 11.6 Å². The van der Waals surface area contributed by atoms with E-state index in [1.165, 1.54) is 24.3 Å². The number of rotatable bonds is 5. The van der Waals surface area contributed by atoms with E-state index in [2.05, 4.69) is 19.9 Å². The van der Waals surface area contributed by atoms with Gasteiger partial charge in [-0.3, -0.25) is 0 Å². The van der Waals surface area contributed by atoms with Crippen LogP contribution in [0, 0.1) is 5.92 Å². The molecule has 2 aromatic heterocycles. The van der Waals surface area contributed by atoms with Crippen molar-refractivity contribution in [1.29, 1.82) is 0 Å². The number of nitrogens with zero attached hydrogens (tertiary/aromatic N) is 2. The second kappa shape index (κ2) is 7.67. The van der Waals surface area contributed by atoms with E-state index in [0.29, 0.717) is 10.7 Å². The fourth-order valence-corrected chi connectivity index (χ4v) is 6.28. The first-order valence-electron chi connectivity index (χ1n) is 9.95. The number of hydrogen-bond acceptors (Lipinski definition) is 7. The summed E-state index contributed by atoms with van der Waals surface area (Å²) in [4.78, 5) is 18.6. The minimum absolute atomic E-state index is 0.0696. The van der Waals surface area contributed by atoms with E-state index in [0.717, 1.165) is 23.6 Å². The maximum absolute atomic E-state index is 17.0. The zero-order valence-electron chi connectivity index (χ0n) is 17.2. The summed E-state index contributed by atoms with van der Waals surface area (Å²) in [5, 5.41) is 1.64. The maximum Gasteiger partial charge on any atom is 0.379 e. The number of esters is 1. The number of carbonyl (C=O) groups excluding carboxylic acids is 1. The predicted octanol–water partition coefficient (Wildman–Crippen LogP) is 4.00. The Bertz CT molecular complexity index is 1480. The summed E-state index contributed by atoms with van der Waals surface area (Å²) in [6.45, 7) is 0. The minimum Gasteiger partial charge on any atom is -0.463 e. The third-order valence-corrected chi connectivity index (χ3v) is 8.33. The second-order valence-electron chi connectivity index (χ2n) is 7.75. The molecule has 33 heavy (non-hydrogen) atoms. The van der Waals surface area contributed by atoms with Crippen molar-refractivity contribution in [2.45, 2.75) is 22.7 Å². The van der Waals surface area contributed by atoms with Gasteiger partial charge in [0.1, 0.15) is 0 Å². The number of aromatic amines is 1. The van der Waals surface area contributed by atoms with Crippen LogP contribution in [0.4, 0.5) is 4.39 Å². The summed E-state index contributed by atoms with van der Waals surface area (Å²) >= 11 is 6.14. The highest BCUT2D eigenvalue weighted by atomic mass is 35.5. The molecule has 2 atom stereocenters.